The van der Waals surface area contributed by atoms with Crippen LogP contribution in [-0.2, 0) is 11.2 Å². The first-order chi connectivity index (χ1) is 14.1. The first-order valence-electron chi connectivity index (χ1n) is 9.81. The predicted octanol–water partition coefficient (Wildman–Crippen LogP) is 4.83. The molecule has 0 fully saturated rings. The van der Waals surface area contributed by atoms with Gasteiger partial charge in [-0.2, -0.15) is 0 Å². The highest BCUT2D eigenvalue weighted by molar-refractivity contribution is 7.12. The van der Waals surface area contributed by atoms with Gasteiger partial charge in [-0.3, -0.25) is 9.59 Å². The lowest BCUT2D eigenvalue weighted by Gasteiger charge is -2.38. The quantitative estimate of drug-likeness (QED) is 0.588. The van der Waals surface area contributed by atoms with Crippen molar-refractivity contribution in [2.45, 2.75) is 32.4 Å². The number of rotatable bonds is 5. The molecule has 0 saturated heterocycles. The molecule has 6 heteroatoms. The summed E-state index contributed by atoms with van der Waals surface area (Å²) in [6.45, 7) is 4.68. The van der Waals surface area contributed by atoms with Gasteiger partial charge in [-0.1, -0.05) is 36.4 Å². The fourth-order valence-electron chi connectivity index (χ4n) is 3.85. The Morgan fingerprint density at radius 1 is 1.07 bits per heavy atom. The van der Waals surface area contributed by atoms with Gasteiger partial charge in [0.1, 0.15) is 6.54 Å². The highest BCUT2D eigenvalue weighted by Gasteiger charge is 2.34. The maximum atomic E-state index is 13.4. The van der Waals surface area contributed by atoms with Crippen molar-refractivity contribution in [1.82, 2.24) is 9.80 Å². The van der Waals surface area contributed by atoms with E-state index in [1.165, 1.54) is 21.8 Å². The summed E-state index contributed by atoms with van der Waals surface area (Å²) in [7, 11) is 0. The van der Waals surface area contributed by atoms with Crippen LogP contribution in [0.15, 0.2) is 59.3 Å². The molecule has 1 aliphatic rings. The van der Waals surface area contributed by atoms with Gasteiger partial charge in [0.25, 0.3) is 5.91 Å². The molecule has 150 valence electrons. The first kappa shape index (κ1) is 19.9. The van der Waals surface area contributed by atoms with Gasteiger partial charge in [-0.15, -0.1) is 22.7 Å². The minimum atomic E-state index is -0.0930. The monoisotopic (exact) mass is 424 g/mol. The lowest BCUT2D eigenvalue weighted by molar-refractivity contribution is -0.134. The molecule has 3 aromatic rings. The first-order valence-corrected chi connectivity index (χ1v) is 11.6. The van der Waals surface area contributed by atoms with Crippen molar-refractivity contribution < 1.29 is 9.59 Å². The van der Waals surface area contributed by atoms with Crippen molar-refractivity contribution >= 4 is 34.5 Å². The molecule has 1 aliphatic heterocycles. The maximum absolute atomic E-state index is 13.4. The number of carbonyl (C=O) groups is 2. The molecule has 2 amide bonds. The highest BCUT2D eigenvalue weighted by Crippen LogP contribution is 2.37. The lowest BCUT2D eigenvalue weighted by atomic mass is 9.93. The van der Waals surface area contributed by atoms with Gasteiger partial charge in [0.15, 0.2) is 0 Å². The standard InChI is InChI=1S/C23H24N2O2S2/c1-16(2)25(23(27)20-9-6-13-28-20)15-21(26)24-12-10-19-18(11-14-29-19)22(24)17-7-4-3-5-8-17/h3-9,11,13-14,16,22H,10,12,15H2,1-2H3. The van der Waals surface area contributed by atoms with Crippen LogP contribution in [0.2, 0.25) is 0 Å². The summed E-state index contributed by atoms with van der Waals surface area (Å²) >= 11 is 3.17. The average molecular weight is 425 g/mol. The minimum Gasteiger partial charge on any atom is -0.330 e. The Hall–Kier alpha value is -2.44. The number of hydrogen-bond acceptors (Lipinski definition) is 4. The number of hydrogen-bond donors (Lipinski definition) is 0. The van der Waals surface area contributed by atoms with Crippen LogP contribution in [0.5, 0.6) is 0 Å². The van der Waals surface area contributed by atoms with E-state index >= 15 is 0 Å². The summed E-state index contributed by atoms with van der Waals surface area (Å²) in [5, 5.41) is 4.00. The molecule has 3 heterocycles. The molecule has 0 saturated carbocycles. The molecular formula is C23H24N2O2S2. The third-order valence-electron chi connectivity index (χ3n) is 5.32. The van der Waals surface area contributed by atoms with E-state index in [9.17, 15) is 9.59 Å². The number of amides is 2. The summed E-state index contributed by atoms with van der Waals surface area (Å²) in [5.74, 6) is -0.0813. The fourth-order valence-corrected chi connectivity index (χ4v) is 5.43. The summed E-state index contributed by atoms with van der Waals surface area (Å²) < 4.78 is 0. The Balaban J connectivity index is 1.62. The number of fused-ring (bicyclic) bond motifs is 1. The van der Waals surface area contributed by atoms with Crippen LogP contribution in [0.3, 0.4) is 0 Å². The predicted molar refractivity (Wildman–Crippen MR) is 119 cm³/mol. The molecule has 4 rings (SSSR count). The largest absolute Gasteiger partial charge is 0.330 e. The summed E-state index contributed by atoms with van der Waals surface area (Å²) in [6.07, 6.45) is 0.864. The summed E-state index contributed by atoms with van der Waals surface area (Å²) in [4.78, 5) is 32.0. The summed E-state index contributed by atoms with van der Waals surface area (Å²) in [6, 6.07) is 15.9. The molecule has 0 aliphatic carbocycles. The maximum Gasteiger partial charge on any atom is 0.264 e. The van der Waals surface area contributed by atoms with E-state index < -0.39 is 0 Å². The molecule has 1 atom stereocenters. The van der Waals surface area contributed by atoms with Gasteiger partial charge in [0.05, 0.1) is 10.9 Å². The third-order valence-corrected chi connectivity index (χ3v) is 7.18. The number of benzene rings is 1. The second kappa shape index (κ2) is 8.51. The topological polar surface area (TPSA) is 40.6 Å². The molecule has 29 heavy (non-hydrogen) atoms. The van der Waals surface area contributed by atoms with Crippen molar-refractivity contribution in [1.29, 1.82) is 0 Å². The zero-order valence-electron chi connectivity index (χ0n) is 16.6. The van der Waals surface area contributed by atoms with E-state index in [4.69, 9.17) is 0 Å². The molecule has 2 aromatic heterocycles. The second-order valence-electron chi connectivity index (χ2n) is 7.45. The van der Waals surface area contributed by atoms with Crippen molar-refractivity contribution in [3.63, 3.8) is 0 Å². The molecular weight excluding hydrogens is 400 g/mol. The van der Waals surface area contributed by atoms with Crippen LogP contribution < -0.4 is 0 Å². The van der Waals surface area contributed by atoms with E-state index in [1.807, 2.05) is 54.5 Å². The van der Waals surface area contributed by atoms with E-state index in [0.29, 0.717) is 11.4 Å². The van der Waals surface area contributed by atoms with Crippen LogP contribution in [0.4, 0.5) is 0 Å². The summed E-state index contributed by atoms with van der Waals surface area (Å²) in [5.41, 5.74) is 2.32. The van der Waals surface area contributed by atoms with Gasteiger partial charge < -0.3 is 9.80 Å². The second-order valence-corrected chi connectivity index (χ2v) is 9.40. The van der Waals surface area contributed by atoms with E-state index in [0.717, 1.165) is 12.0 Å². The van der Waals surface area contributed by atoms with E-state index in [-0.39, 0.29) is 30.4 Å². The van der Waals surface area contributed by atoms with Crippen LogP contribution in [0, 0.1) is 0 Å². The molecule has 1 unspecified atom stereocenters. The Morgan fingerprint density at radius 3 is 2.55 bits per heavy atom. The van der Waals surface area contributed by atoms with E-state index in [1.54, 1.807) is 16.2 Å². The minimum absolute atomic E-state index is 0.00527. The van der Waals surface area contributed by atoms with Gasteiger partial charge in [0.2, 0.25) is 5.91 Å². The Labute approximate surface area is 179 Å². The SMILES string of the molecule is CC(C)N(CC(=O)N1CCc2sccc2C1c1ccccc1)C(=O)c1cccs1. The molecule has 0 radical (unpaired) electrons. The Morgan fingerprint density at radius 2 is 1.86 bits per heavy atom. The van der Waals surface area contributed by atoms with Gasteiger partial charge in [0, 0.05) is 17.5 Å². The smallest absolute Gasteiger partial charge is 0.264 e. The third kappa shape index (κ3) is 4.00. The molecule has 0 bridgehead atoms. The van der Waals surface area contributed by atoms with Crippen LogP contribution in [-0.4, -0.2) is 40.7 Å². The fraction of sp³-hybridized carbons (Fsp3) is 0.304. The number of thiophene rings is 2. The van der Waals surface area contributed by atoms with Crippen LogP contribution in [0.1, 0.15) is 45.6 Å². The van der Waals surface area contributed by atoms with Crippen molar-refractivity contribution in [3.8, 4) is 0 Å². The van der Waals surface area contributed by atoms with Crippen molar-refractivity contribution in [2.75, 3.05) is 13.1 Å². The van der Waals surface area contributed by atoms with Crippen molar-refractivity contribution in [3.05, 3.63) is 80.2 Å². The molecule has 1 aromatic carbocycles. The van der Waals surface area contributed by atoms with Crippen LogP contribution >= 0.6 is 22.7 Å². The molecule has 4 nitrogen and oxygen atoms in total. The van der Waals surface area contributed by atoms with Crippen molar-refractivity contribution in [2.24, 2.45) is 0 Å². The molecule has 0 spiro atoms. The Bertz CT molecular complexity index is 979. The van der Waals surface area contributed by atoms with Gasteiger partial charge >= 0.3 is 0 Å². The van der Waals surface area contributed by atoms with E-state index in [2.05, 4.69) is 23.6 Å². The normalized spacial score (nSPS) is 16.0. The van der Waals surface area contributed by atoms with Crippen LogP contribution in [0.25, 0.3) is 0 Å². The Kier molecular flexibility index (Phi) is 5.83. The zero-order valence-corrected chi connectivity index (χ0v) is 18.2. The van der Waals surface area contributed by atoms with Gasteiger partial charge in [-0.05, 0) is 54.3 Å². The zero-order chi connectivity index (χ0) is 20.4. The molecule has 0 N–H and O–H groups in total. The average Bonchev–Trinajstić information content (AvgIpc) is 3.42. The highest BCUT2D eigenvalue weighted by atomic mass is 32.1. The number of carbonyl (C=O) groups excluding carboxylic acids is 2. The van der Waals surface area contributed by atoms with Gasteiger partial charge in [-0.25, -0.2) is 0 Å². The number of nitrogens with zero attached hydrogens (tertiary/aromatic N) is 2. The lowest BCUT2D eigenvalue weighted by Crippen LogP contribution is -2.48.